The second-order valence-electron chi connectivity index (χ2n) is 9.89. The number of nitrogens with zero attached hydrogens (tertiary/aromatic N) is 1. The lowest BCUT2D eigenvalue weighted by Crippen LogP contribution is -2.47. The molecule has 0 fully saturated rings. The fraction of sp³-hybridized carbons (Fsp3) is 0.407. The Balaban J connectivity index is 1.56. The maximum absolute atomic E-state index is 12.5. The fourth-order valence-electron chi connectivity index (χ4n) is 4.13. The zero-order valence-corrected chi connectivity index (χ0v) is 21.9. The summed E-state index contributed by atoms with van der Waals surface area (Å²) in [4.78, 5) is 50.3. The zero-order chi connectivity index (χ0) is 27.2. The van der Waals surface area contributed by atoms with Crippen LogP contribution in [0.25, 0.3) is 0 Å². The van der Waals surface area contributed by atoms with E-state index in [0.29, 0.717) is 12.0 Å². The molecule has 198 valence electrons. The second kappa shape index (κ2) is 11.8. The van der Waals surface area contributed by atoms with E-state index in [-0.39, 0.29) is 24.5 Å². The highest BCUT2D eigenvalue weighted by molar-refractivity contribution is 5.96. The van der Waals surface area contributed by atoms with Crippen molar-refractivity contribution in [3.63, 3.8) is 0 Å². The summed E-state index contributed by atoms with van der Waals surface area (Å²) in [5.41, 5.74) is 7.04. The SMILES string of the molecule is CCC(=O)N1c2ccccc2[C@H](Nc2ccc(C(=O)NNC(=O)CNC(=O)OC(C)(C)C)cc2)C[C@@H]1C. The summed E-state index contributed by atoms with van der Waals surface area (Å²) < 4.78 is 5.05. The van der Waals surface area contributed by atoms with Crippen molar-refractivity contribution in [1.82, 2.24) is 16.2 Å². The monoisotopic (exact) mass is 509 g/mol. The average molecular weight is 510 g/mol. The summed E-state index contributed by atoms with van der Waals surface area (Å²) >= 11 is 0. The molecule has 0 unspecified atom stereocenters. The first kappa shape index (κ1) is 27.5. The van der Waals surface area contributed by atoms with E-state index in [2.05, 4.69) is 21.5 Å². The van der Waals surface area contributed by atoms with Crippen molar-refractivity contribution in [2.24, 2.45) is 0 Å². The molecule has 4 N–H and O–H groups in total. The number of hydrogen-bond acceptors (Lipinski definition) is 6. The molecule has 0 bridgehead atoms. The van der Waals surface area contributed by atoms with E-state index < -0.39 is 23.5 Å². The molecule has 1 heterocycles. The van der Waals surface area contributed by atoms with Gasteiger partial charge in [0.1, 0.15) is 12.1 Å². The Hall–Kier alpha value is -4.08. The molecule has 10 nitrogen and oxygen atoms in total. The fourth-order valence-corrected chi connectivity index (χ4v) is 4.13. The van der Waals surface area contributed by atoms with Crippen LogP contribution in [0.4, 0.5) is 16.2 Å². The van der Waals surface area contributed by atoms with Crippen LogP contribution in [0.3, 0.4) is 0 Å². The number of amides is 4. The number of para-hydroxylation sites is 1. The van der Waals surface area contributed by atoms with Crippen molar-refractivity contribution < 1.29 is 23.9 Å². The van der Waals surface area contributed by atoms with Gasteiger partial charge in [0.25, 0.3) is 11.8 Å². The predicted octanol–water partition coefficient (Wildman–Crippen LogP) is 3.66. The third-order valence-electron chi connectivity index (χ3n) is 5.76. The molecule has 37 heavy (non-hydrogen) atoms. The van der Waals surface area contributed by atoms with Crippen molar-refractivity contribution in [1.29, 1.82) is 0 Å². The Morgan fingerprint density at radius 1 is 1.00 bits per heavy atom. The summed E-state index contributed by atoms with van der Waals surface area (Å²) in [5.74, 6) is -0.998. The highest BCUT2D eigenvalue weighted by Crippen LogP contribution is 2.39. The number of carbonyl (C=O) groups is 4. The van der Waals surface area contributed by atoms with E-state index in [1.165, 1.54) is 0 Å². The normalized spacial score (nSPS) is 16.7. The van der Waals surface area contributed by atoms with Crippen LogP contribution < -0.4 is 26.4 Å². The Bertz CT molecular complexity index is 1140. The number of fused-ring (bicyclic) bond motifs is 1. The topological polar surface area (TPSA) is 129 Å². The van der Waals surface area contributed by atoms with Gasteiger partial charge in [-0.2, -0.15) is 0 Å². The minimum atomic E-state index is -0.725. The van der Waals surface area contributed by atoms with Crippen LogP contribution in [0.5, 0.6) is 0 Å². The summed E-state index contributed by atoms with van der Waals surface area (Å²) in [5, 5.41) is 5.83. The number of carbonyl (C=O) groups excluding carboxylic acids is 4. The molecular weight excluding hydrogens is 474 g/mol. The Morgan fingerprint density at radius 2 is 1.68 bits per heavy atom. The van der Waals surface area contributed by atoms with Crippen molar-refractivity contribution in [3.05, 3.63) is 59.7 Å². The number of ether oxygens (including phenoxy) is 1. The quantitative estimate of drug-likeness (QED) is 0.440. The number of nitrogens with one attached hydrogen (secondary N) is 4. The van der Waals surface area contributed by atoms with E-state index >= 15 is 0 Å². The number of rotatable bonds is 6. The van der Waals surface area contributed by atoms with Crippen LogP contribution in [0, 0.1) is 0 Å². The van der Waals surface area contributed by atoms with Gasteiger partial charge in [-0.15, -0.1) is 0 Å². The van der Waals surface area contributed by atoms with Crippen LogP contribution in [0.15, 0.2) is 48.5 Å². The highest BCUT2D eigenvalue weighted by atomic mass is 16.6. The van der Waals surface area contributed by atoms with Gasteiger partial charge in [0.15, 0.2) is 0 Å². The predicted molar refractivity (Wildman–Crippen MR) is 141 cm³/mol. The lowest BCUT2D eigenvalue weighted by atomic mass is 9.91. The van der Waals surface area contributed by atoms with Gasteiger partial charge in [0, 0.05) is 29.4 Å². The molecule has 0 radical (unpaired) electrons. The van der Waals surface area contributed by atoms with Gasteiger partial charge in [-0.3, -0.25) is 25.2 Å². The minimum Gasteiger partial charge on any atom is -0.444 e. The van der Waals surface area contributed by atoms with Gasteiger partial charge in [-0.25, -0.2) is 4.79 Å². The molecule has 10 heteroatoms. The molecule has 0 spiro atoms. The Morgan fingerprint density at radius 3 is 2.32 bits per heavy atom. The van der Waals surface area contributed by atoms with Crippen molar-refractivity contribution in [3.8, 4) is 0 Å². The zero-order valence-electron chi connectivity index (χ0n) is 21.9. The van der Waals surface area contributed by atoms with Gasteiger partial charge in [0.05, 0.1) is 6.04 Å². The summed E-state index contributed by atoms with van der Waals surface area (Å²) in [6, 6.07) is 14.8. The molecule has 0 aromatic heterocycles. The number of hydrogen-bond donors (Lipinski definition) is 4. The summed E-state index contributed by atoms with van der Waals surface area (Å²) in [6.45, 7) is 8.71. The third-order valence-corrected chi connectivity index (χ3v) is 5.76. The molecule has 0 saturated heterocycles. The molecule has 2 aromatic carbocycles. The molecule has 0 aliphatic carbocycles. The first-order chi connectivity index (χ1) is 17.5. The smallest absolute Gasteiger partial charge is 0.408 e. The van der Waals surface area contributed by atoms with Gasteiger partial charge in [-0.05, 0) is 70.0 Å². The lowest BCUT2D eigenvalue weighted by molar-refractivity contribution is -0.121. The Labute approximate surface area is 217 Å². The molecule has 4 amide bonds. The number of hydrazine groups is 1. The van der Waals surface area contributed by atoms with Crippen molar-refractivity contribution in [2.75, 3.05) is 16.8 Å². The van der Waals surface area contributed by atoms with Gasteiger partial charge in [-0.1, -0.05) is 25.1 Å². The average Bonchev–Trinajstić information content (AvgIpc) is 2.85. The third kappa shape index (κ3) is 7.45. The van der Waals surface area contributed by atoms with E-state index in [9.17, 15) is 19.2 Å². The van der Waals surface area contributed by atoms with Crippen LogP contribution in [0.2, 0.25) is 0 Å². The highest BCUT2D eigenvalue weighted by Gasteiger charge is 2.32. The second-order valence-corrected chi connectivity index (χ2v) is 9.89. The largest absolute Gasteiger partial charge is 0.444 e. The molecule has 2 atom stereocenters. The van der Waals surface area contributed by atoms with E-state index in [1.54, 1.807) is 45.0 Å². The lowest BCUT2D eigenvalue weighted by Gasteiger charge is -2.40. The van der Waals surface area contributed by atoms with Crippen LogP contribution >= 0.6 is 0 Å². The molecule has 1 aliphatic heterocycles. The number of benzene rings is 2. The van der Waals surface area contributed by atoms with Crippen molar-refractivity contribution in [2.45, 2.75) is 65.1 Å². The number of anilines is 2. The maximum Gasteiger partial charge on any atom is 0.408 e. The van der Waals surface area contributed by atoms with Crippen LogP contribution in [-0.4, -0.2) is 42.0 Å². The maximum atomic E-state index is 12.5. The van der Waals surface area contributed by atoms with Gasteiger partial charge in [0.2, 0.25) is 5.91 Å². The van der Waals surface area contributed by atoms with Crippen LogP contribution in [-0.2, 0) is 14.3 Å². The Kier molecular flexibility index (Phi) is 8.75. The summed E-state index contributed by atoms with van der Waals surface area (Å²) in [6.07, 6.45) is 0.465. The molecule has 1 aliphatic rings. The van der Waals surface area contributed by atoms with Crippen LogP contribution in [0.1, 0.15) is 69.4 Å². The molecular formula is C27H35N5O5. The summed E-state index contributed by atoms with van der Waals surface area (Å²) in [7, 11) is 0. The molecule has 0 saturated carbocycles. The molecule has 2 aromatic rings. The number of alkyl carbamates (subject to hydrolysis) is 1. The van der Waals surface area contributed by atoms with Crippen molar-refractivity contribution >= 4 is 35.2 Å². The molecule has 3 rings (SSSR count). The minimum absolute atomic E-state index is 0.00328. The van der Waals surface area contributed by atoms with Gasteiger partial charge >= 0.3 is 6.09 Å². The first-order valence-corrected chi connectivity index (χ1v) is 12.3. The standard InChI is InChI=1S/C27H35N5O5/c1-6-24(34)32-17(2)15-21(20-9-7-8-10-22(20)32)29-19-13-11-18(12-14-19)25(35)31-30-23(33)16-28-26(36)37-27(3,4)5/h7-14,17,21,29H,6,15-16H2,1-5H3,(H,28,36)(H,30,33)(H,31,35)/t17-,21+/m0/s1. The van der Waals surface area contributed by atoms with Gasteiger partial charge < -0.3 is 20.3 Å². The van der Waals surface area contributed by atoms with E-state index in [4.69, 9.17) is 4.74 Å². The van der Waals surface area contributed by atoms with E-state index in [1.807, 2.05) is 43.0 Å². The first-order valence-electron chi connectivity index (χ1n) is 12.3. The van der Waals surface area contributed by atoms with E-state index in [0.717, 1.165) is 23.4 Å².